The molecule has 0 aliphatic carbocycles. The van der Waals surface area contributed by atoms with Crippen LogP contribution < -0.4 is 10.6 Å². The molecule has 0 unspecified atom stereocenters. The predicted octanol–water partition coefficient (Wildman–Crippen LogP) is 1.02. The van der Waals surface area contributed by atoms with E-state index in [2.05, 4.69) is 31.5 Å². The smallest absolute Gasteiger partial charge is 0.220 e. The van der Waals surface area contributed by atoms with E-state index in [0.717, 1.165) is 37.3 Å². The summed E-state index contributed by atoms with van der Waals surface area (Å²) in [5, 5.41) is 10.9. The molecule has 116 valence electrons. The van der Waals surface area contributed by atoms with Crippen molar-refractivity contribution in [2.75, 3.05) is 6.54 Å². The summed E-state index contributed by atoms with van der Waals surface area (Å²) in [4.78, 5) is 15.9. The molecule has 3 heterocycles. The molecule has 0 saturated carbocycles. The lowest BCUT2D eigenvalue weighted by atomic mass is 10.2. The lowest BCUT2D eigenvalue weighted by Gasteiger charge is -2.04. The Labute approximate surface area is 129 Å². The minimum absolute atomic E-state index is 0.0538. The molecule has 0 spiro atoms. The number of nitrogens with one attached hydrogen (secondary N) is 2. The molecule has 1 amide bonds. The zero-order chi connectivity index (χ0) is 15.2. The van der Waals surface area contributed by atoms with Gasteiger partial charge in [-0.1, -0.05) is 0 Å². The number of carbonyl (C=O) groups excluding carboxylic acids is 1. The highest BCUT2D eigenvalue weighted by Crippen LogP contribution is 2.10. The molecule has 0 bridgehead atoms. The number of amides is 1. The van der Waals surface area contributed by atoms with Gasteiger partial charge < -0.3 is 10.6 Å². The van der Waals surface area contributed by atoms with E-state index in [4.69, 9.17) is 0 Å². The predicted molar refractivity (Wildman–Crippen MR) is 83.0 cm³/mol. The van der Waals surface area contributed by atoms with Crippen LogP contribution in [0.2, 0.25) is 0 Å². The van der Waals surface area contributed by atoms with E-state index >= 15 is 0 Å². The maximum atomic E-state index is 11.9. The van der Waals surface area contributed by atoms with Crippen LogP contribution in [0.3, 0.4) is 0 Å². The van der Waals surface area contributed by atoms with Crippen LogP contribution in [-0.4, -0.2) is 27.2 Å². The third-order valence-corrected chi connectivity index (χ3v) is 3.79. The number of hydrogen-bond acceptors (Lipinski definition) is 4. The van der Waals surface area contributed by atoms with E-state index in [1.165, 1.54) is 5.69 Å². The largest absolute Gasteiger partial charge is 0.352 e. The summed E-state index contributed by atoms with van der Waals surface area (Å²) in [6.45, 7) is 3.40. The van der Waals surface area contributed by atoms with Gasteiger partial charge in [0.05, 0.1) is 11.4 Å². The monoisotopic (exact) mass is 299 g/mol. The first-order chi connectivity index (χ1) is 10.8. The molecule has 22 heavy (non-hydrogen) atoms. The van der Waals surface area contributed by atoms with Gasteiger partial charge in [-0.05, 0) is 36.7 Å². The van der Waals surface area contributed by atoms with Gasteiger partial charge in [0.15, 0.2) is 0 Å². The van der Waals surface area contributed by atoms with Crippen molar-refractivity contribution in [3.05, 3.63) is 47.5 Å². The van der Waals surface area contributed by atoms with Crippen LogP contribution in [0.25, 0.3) is 0 Å². The molecule has 3 rings (SSSR count). The third-order valence-electron chi connectivity index (χ3n) is 3.79. The fourth-order valence-corrected chi connectivity index (χ4v) is 2.57. The zero-order valence-electron chi connectivity index (χ0n) is 12.6. The van der Waals surface area contributed by atoms with Crippen molar-refractivity contribution in [1.82, 2.24) is 25.4 Å². The highest BCUT2D eigenvalue weighted by molar-refractivity contribution is 5.76. The highest BCUT2D eigenvalue weighted by atomic mass is 16.1. The van der Waals surface area contributed by atoms with E-state index in [-0.39, 0.29) is 5.91 Å². The molecule has 0 fully saturated rings. The fourth-order valence-electron chi connectivity index (χ4n) is 2.57. The maximum Gasteiger partial charge on any atom is 0.220 e. The van der Waals surface area contributed by atoms with Gasteiger partial charge in [-0.25, -0.2) is 0 Å². The van der Waals surface area contributed by atoms with Crippen LogP contribution in [0.15, 0.2) is 30.6 Å². The number of aromatic nitrogens is 3. The van der Waals surface area contributed by atoms with Crippen LogP contribution in [0.5, 0.6) is 0 Å². The van der Waals surface area contributed by atoms with Crippen molar-refractivity contribution in [2.45, 2.75) is 38.9 Å². The molecule has 0 radical (unpaired) electrons. The second kappa shape index (κ2) is 7.17. The van der Waals surface area contributed by atoms with Crippen molar-refractivity contribution >= 4 is 5.91 Å². The van der Waals surface area contributed by atoms with Crippen LogP contribution in [-0.2, 0) is 30.8 Å². The molecule has 1 aliphatic rings. The van der Waals surface area contributed by atoms with Gasteiger partial charge in [0, 0.05) is 44.9 Å². The van der Waals surface area contributed by atoms with Crippen LogP contribution in [0, 0.1) is 0 Å². The number of fused-ring (bicyclic) bond motifs is 1. The van der Waals surface area contributed by atoms with Crippen LogP contribution in [0.1, 0.15) is 29.8 Å². The van der Waals surface area contributed by atoms with E-state index in [1.807, 2.05) is 12.1 Å². The second-order valence-corrected chi connectivity index (χ2v) is 5.51. The average molecular weight is 299 g/mol. The normalized spacial score (nSPS) is 14.2. The molecular weight excluding hydrogens is 278 g/mol. The molecule has 1 aliphatic heterocycles. The van der Waals surface area contributed by atoms with Crippen LogP contribution in [0.4, 0.5) is 0 Å². The minimum atomic E-state index is 0.0538. The Morgan fingerprint density at radius 3 is 3.09 bits per heavy atom. The molecule has 0 atom stereocenters. The van der Waals surface area contributed by atoms with Gasteiger partial charge in [0.25, 0.3) is 0 Å². The third kappa shape index (κ3) is 3.92. The van der Waals surface area contributed by atoms with Crippen LogP contribution >= 0.6 is 0 Å². The number of carbonyl (C=O) groups is 1. The van der Waals surface area contributed by atoms with Crippen molar-refractivity contribution in [2.24, 2.45) is 0 Å². The molecule has 6 nitrogen and oxygen atoms in total. The van der Waals surface area contributed by atoms with E-state index in [9.17, 15) is 4.79 Å². The van der Waals surface area contributed by atoms with Gasteiger partial charge in [-0.15, -0.1) is 0 Å². The summed E-state index contributed by atoms with van der Waals surface area (Å²) < 4.78 is 2.06. The van der Waals surface area contributed by atoms with Gasteiger partial charge in [0.2, 0.25) is 5.91 Å². The molecule has 0 aromatic carbocycles. The Kier molecular flexibility index (Phi) is 4.80. The average Bonchev–Trinajstić information content (AvgIpc) is 2.81. The molecule has 6 heteroatoms. The van der Waals surface area contributed by atoms with Crippen molar-refractivity contribution in [3.8, 4) is 0 Å². The summed E-state index contributed by atoms with van der Waals surface area (Å²) in [5.74, 6) is 0.0538. The second-order valence-electron chi connectivity index (χ2n) is 5.51. The minimum Gasteiger partial charge on any atom is -0.352 e. The first-order valence-corrected chi connectivity index (χ1v) is 7.73. The van der Waals surface area contributed by atoms with Gasteiger partial charge >= 0.3 is 0 Å². The van der Waals surface area contributed by atoms with Gasteiger partial charge in [-0.3, -0.25) is 14.5 Å². The SMILES string of the molecule is O=C(CCc1cc2n(n1)CCCNC2)NCc1ccncc1. The van der Waals surface area contributed by atoms with E-state index in [0.29, 0.717) is 19.4 Å². The van der Waals surface area contributed by atoms with E-state index in [1.54, 1.807) is 12.4 Å². The Hall–Kier alpha value is -2.21. The highest BCUT2D eigenvalue weighted by Gasteiger charge is 2.11. The number of rotatable bonds is 5. The van der Waals surface area contributed by atoms with Crippen molar-refractivity contribution in [3.63, 3.8) is 0 Å². The summed E-state index contributed by atoms with van der Waals surface area (Å²) in [6, 6.07) is 5.91. The number of nitrogens with zero attached hydrogens (tertiary/aromatic N) is 3. The standard InChI is InChI=1S/C16H21N5O/c22-16(19-11-13-4-7-17-8-5-13)3-2-14-10-15-12-18-6-1-9-21(15)20-14/h4-5,7-8,10,18H,1-3,6,9,11-12H2,(H,19,22). The Balaban J connectivity index is 1.47. The molecule has 2 aromatic rings. The summed E-state index contributed by atoms with van der Waals surface area (Å²) in [6.07, 6.45) is 5.71. The van der Waals surface area contributed by atoms with Crippen molar-refractivity contribution < 1.29 is 4.79 Å². The molecule has 2 aromatic heterocycles. The Morgan fingerprint density at radius 1 is 1.36 bits per heavy atom. The molecule has 0 saturated heterocycles. The lowest BCUT2D eigenvalue weighted by molar-refractivity contribution is -0.121. The zero-order valence-corrected chi connectivity index (χ0v) is 12.6. The summed E-state index contributed by atoms with van der Waals surface area (Å²) >= 11 is 0. The van der Waals surface area contributed by atoms with E-state index < -0.39 is 0 Å². The summed E-state index contributed by atoms with van der Waals surface area (Å²) in [5.41, 5.74) is 3.27. The summed E-state index contributed by atoms with van der Waals surface area (Å²) in [7, 11) is 0. The lowest BCUT2D eigenvalue weighted by Crippen LogP contribution is -2.23. The first kappa shape index (κ1) is 14.7. The Morgan fingerprint density at radius 2 is 2.23 bits per heavy atom. The molecule has 2 N–H and O–H groups in total. The van der Waals surface area contributed by atoms with Gasteiger partial charge in [-0.2, -0.15) is 5.10 Å². The number of pyridine rings is 1. The Bertz CT molecular complexity index is 599. The maximum absolute atomic E-state index is 11.9. The fraction of sp³-hybridized carbons (Fsp3) is 0.438. The topological polar surface area (TPSA) is 71.8 Å². The van der Waals surface area contributed by atoms with Gasteiger partial charge in [0.1, 0.15) is 0 Å². The number of aryl methyl sites for hydroxylation is 2. The van der Waals surface area contributed by atoms with Crippen molar-refractivity contribution in [1.29, 1.82) is 0 Å². The first-order valence-electron chi connectivity index (χ1n) is 7.73. The quantitative estimate of drug-likeness (QED) is 0.865. The number of hydrogen-bond donors (Lipinski definition) is 2. The molecular formula is C16H21N5O.